The van der Waals surface area contributed by atoms with Crippen LogP contribution in [0.4, 0.5) is 0 Å². The van der Waals surface area contributed by atoms with Crippen molar-refractivity contribution in [2.45, 2.75) is 19.4 Å². The lowest BCUT2D eigenvalue weighted by Crippen LogP contribution is -2.65. The third kappa shape index (κ3) is 2.51. The summed E-state index contributed by atoms with van der Waals surface area (Å²) in [6.45, 7) is 2.93. The fraction of sp³-hybridized carbons (Fsp3) is 0.308. The summed E-state index contributed by atoms with van der Waals surface area (Å²) in [7, 11) is 0. The fourth-order valence-electron chi connectivity index (χ4n) is 1.92. The van der Waals surface area contributed by atoms with Gasteiger partial charge in [0.2, 0.25) is 5.91 Å². The smallest absolute Gasteiger partial charge is 0.256 e. The Balaban J connectivity index is 2.40. The molecule has 0 aromatic heterocycles. The van der Waals surface area contributed by atoms with Gasteiger partial charge < -0.3 is 4.90 Å². The molecule has 0 saturated carbocycles. The van der Waals surface area contributed by atoms with Crippen molar-refractivity contribution in [3.8, 4) is 0 Å². The molecule has 1 aromatic carbocycles. The molecule has 1 fully saturated rings. The minimum Gasteiger partial charge on any atom is -0.315 e. The number of piperazine rings is 1. The average molecular weight is 315 g/mol. The zero-order chi connectivity index (χ0) is 15.1. The molecule has 1 aliphatic rings. The first kappa shape index (κ1) is 14.8. The van der Waals surface area contributed by atoms with Gasteiger partial charge in [0.15, 0.2) is 0 Å². The number of nitrogens with one attached hydrogen (secondary N) is 1. The maximum atomic E-state index is 12.5. The summed E-state index contributed by atoms with van der Waals surface area (Å²) in [5.41, 5.74) is -0.930. The molecule has 106 valence electrons. The van der Waals surface area contributed by atoms with E-state index in [1.54, 1.807) is 13.8 Å². The first-order valence-corrected chi connectivity index (χ1v) is 6.60. The van der Waals surface area contributed by atoms with Crippen LogP contribution in [0.1, 0.15) is 24.2 Å². The van der Waals surface area contributed by atoms with Gasteiger partial charge in [0, 0.05) is 5.02 Å². The summed E-state index contributed by atoms with van der Waals surface area (Å²) in [5.74, 6) is -1.53. The number of carbonyl (C=O) groups is 3. The standard InChI is InChI=1S/C13H12Cl2N2O3/c1-13(2)12(20)16-10(18)6-17(13)11(19)8-4-3-7(14)5-9(8)15/h3-5H,6H2,1-2H3,(H,16,18,20). The minimum absolute atomic E-state index is 0.178. The second kappa shape index (κ2) is 5.07. The normalized spacial score (nSPS) is 17.9. The van der Waals surface area contributed by atoms with E-state index >= 15 is 0 Å². The quantitative estimate of drug-likeness (QED) is 0.805. The molecule has 1 aliphatic heterocycles. The van der Waals surface area contributed by atoms with Crippen molar-refractivity contribution in [3.05, 3.63) is 33.8 Å². The zero-order valence-corrected chi connectivity index (χ0v) is 12.4. The Bertz CT molecular complexity index is 614. The van der Waals surface area contributed by atoms with Crippen LogP contribution < -0.4 is 5.32 Å². The summed E-state index contributed by atoms with van der Waals surface area (Å²) in [5, 5.41) is 2.78. The van der Waals surface area contributed by atoms with E-state index in [-0.39, 0.29) is 17.1 Å². The summed E-state index contributed by atoms with van der Waals surface area (Å²) >= 11 is 11.8. The van der Waals surface area contributed by atoms with Gasteiger partial charge in [-0.2, -0.15) is 0 Å². The van der Waals surface area contributed by atoms with Crippen molar-refractivity contribution in [3.63, 3.8) is 0 Å². The molecule has 1 saturated heterocycles. The molecule has 0 spiro atoms. The molecule has 1 aromatic rings. The molecule has 0 aliphatic carbocycles. The van der Waals surface area contributed by atoms with Gasteiger partial charge >= 0.3 is 0 Å². The molecule has 7 heteroatoms. The van der Waals surface area contributed by atoms with E-state index in [9.17, 15) is 14.4 Å². The Morgan fingerprint density at radius 1 is 1.30 bits per heavy atom. The maximum absolute atomic E-state index is 12.5. The number of imide groups is 1. The average Bonchev–Trinajstić information content (AvgIpc) is 2.33. The predicted molar refractivity (Wildman–Crippen MR) is 74.7 cm³/mol. The summed E-state index contributed by atoms with van der Waals surface area (Å²) in [6.07, 6.45) is 0. The second-order valence-corrected chi connectivity index (χ2v) is 5.80. The Labute approximate surface area is 125 Å². The van der Waals surface area contributed by atoms with Crippen LogP contribution in [0, 0.1) is 0 Å². The van der Waals surface area contributed by atoms with Gasteiger partial charge in [-0.25, -0.2) is 0 Å². The van der Waals surface area contributed by atoms with Crippen LogP contribution in [0.15, 0.2) is 18.2 Å². The van der Waals surface area contributed by atoms with Crippen LogP contribution in [0.2, 0.25) is 10.0 Å². The van der Waals surface area contributed by atoms with E-state index in [1.165, 1.54) is 23.1 Å². The number of halogens is 2. The number of nitrogens with zero attached hydrogens (tertiary/aromatic N) is 1. The monoisotopic (exact) mass is 314 g/mol. The topological polar surface area (TPSA) is 66.5 Å². The second-order valence-electron chi connectivity index (χ2n) is 4.95. The Morgan fingerprint density at radius 2 is 1.95 bits per heavy atom. The third-order valence-corrected chi connectivity index (χ3v) is 3.74. The molecule has 0 bridgehead atoms. The number of carbonyl (C=O) groups excluding carboxylic acids is 3. The van der Waals surface area contributed by atoms with Crippen LogP contribution in [-0.4, -0.2) is 34.7 Å². The largest absolute Gasteiger partial charge is 0.315 e. The number of rotatable bonds is 1. The van der Waals surface area contributed by atoms with Gasteiger partial charge in [0.05, 0.1) is 10.6 Å². The van der Waals surface area contributed by atoms with Crippen molar-refractivity contribution in [2.24, 2.45) is 0 Å². The van der Waals surface area contributed by atoms with E-state index in [4.69, 9.17) is 23.2 Å². The molecule has 1 N–H and O–H groups in total. The molecule has 0 atom stereocenters. The molecule has 20 heavy (non-hydrogen) atoms. The van der Waals surface area contributed by atoms with Gasteiger partial charge in [-0.3, -0.25) is 19.7 Å². The highest BCUT2D eigenvalue weighted by Crippen LogP contribution is 2.26. The Kier molecular flexibility index (Phi) is 3.75. The molecule has 1 heterocycles. The number of benzene rings is 1. The Hall–Kier alpha value is -1.59. The SMILES string of the molecule is CC1(C)C(=O)NC(=O)CN1C(=O)c1ccc(Cl)cc1Cl. The molecule has 0 radical (unpaired) electrons. The molecular formula is C13H12Cl2N2O3. The van der Waals surface area contributed by atoms with Crippen molar-refractivity contribution < 1.29 is 14.4 Å². The van der Waals surface area contributed by atoms with Gasteiger partial charge in [-0.1, -0.05) is 23.2 Å². The van der Waals surface area contributed by atoms with Crippen molar-refractivity contribution in [2.75, 3.05) is 6.54 Å². The van der Waals surface area contributed by atoms with Crippen LogP contribution >= 0.6 is 23.2 Å². The number of hydrogen-bond acceptors (Lipinski definition) is 3. The van der Waals surface area contributed by atoms with E-state index in [0.29, 0.717) is 5.02 Å². The van der Waals surface area contributed by atoms with E-state index < -0.39 is 23.3 Å². The third-order valence-electron chi connectivity index (χ3n) is 3.19. The van der Waals surface area contributed by atoms with Crippen LogP contribution in [0.5, 0.6) is 0 Å². The molecule has 5 nitrogen and oxygen atoms in total. The molecule has 0 unspecified atom stereocenters. The lowest BCUT2D eigenvalue weighted by Gasteiger charge is -2.40. The first-order valence-electron chi connectivity index (χ1n) is 5.85. The summed E-state index contributed by atoms with van der Waals surface area (Å²) < 4.78 is 0. The highest BCUT2D eigenvalue weighted by molar-refractivity contribution is 6.36. The molecular weight excluding hydrogens is 303 g/mol. The predicted octanol–water partition coefficient (Wildman–Crippen LogP) is 1.87. The highest BCUT2D eigenvalue weighted by atomic mass is 35.5. The summed E-state index contributed by atoms with van der Waals surface area (Å²) in [4.78, 5) is 37.0. The number of hydrogen-bond donors (Lipinski definition) is 1. The van der Waals surface area contributed by atoms with Crippen LogP contribution in [0.3, 0.4) is 0 Å². The number of amides is 3. The maximum Gasteiger partial charge on any atom is 0.256 e. The van der Waals surface area contributed by atoms with Crippen LogP contribution in [-0.2, 0) is 9.59 Å². The molecule has 2 rings (SSSR count). The van der Waals surface area contributed by atoms with Gasteiger partial charge in [0.25, 0.3) is 11.8 Å². The van der Waals surface area contributed by atoms with Crippen molar-refractivity contribution in [1.82, 2.24) is 10.2 Å². The van der Waals surface area contributed by atoms with E-state index in [2.05, 4.69) is 5.32 Å². The highest BCUT2D eigenvalue weighted by Gasteiger charge is 2.44. The van der Waals surface area contributed by atoms with Crippen molar-refractivity contribution in [1.29, 1.82) is 0 Å². The van der Waals surface area contributed by atoms with Crippen LogP contribution in [0.25, 0.3) is 0 Å². The first-order chi connectivity index (χ1) is 9.23. The fourth-order valence-corrected chi connectivity index (χ4v) is 2.41. The van der Waals surface area contributed by atoms with E-state index in [1.807, 2.05) is 0 Å². The van der Waals surface area contributed by atoms with Gasteiger partial charge in [-0.05, 0) is 32.0 Å². The lowest BCUT2D eigenvalue weighted by atomic mass is 9.97. The lowest BCUT2D eigenvalue weighted by molar-refractivity contribution is -0.143. The Morgan fingerprint density at radius 3 is 2.55 bits per heavy atom. The van der Waals surface area contributed by atoms with Gasteiger partial charge in [-0.15, -0.1) is 0 Å². The molecule has 3 amide bonds. The zero-order valence-electron chi connectivity index (χ0n) is 10.9. The van der Waals surface area contributed by atoms with Crippen molar-refractivity contribution >= 4 is 40.9 Å². The van der Waals surface area contributed by atoms with Gasteiger partial charge in [0.1, 0.15) is 12.1 Å². The summed E-state index contributed by atoms with van der Waals surface area (Å²) in [6, 6.07) is 4.44. The minimum atomic E-state index is -1.13. The van der Waals surface area contributed by atoms with E-state index in [0.717, 1.165) is 0 Å².